The zero-order valence-electron chi connectivity index (χ0n) is 15.0. The minimum Gasteiger partial charge on any atom is -0.364 e. The molecule has 1 atom stereocenters. The van der Waals surface area contributed by atoms with Crippen LogP contribution in [0.2, 0.25) is 0 Å². The maximum Gasteiger partial charge on any atom is 0.247 e. The maximum atomic E-state index is 12.0. The van der Waals surface area contributed by atoms with Crippen LogP contribution < -0.4 is 5.32 Å². The van der Waals surface area contributed by atoms with Gasteiger partial charge in [0.05, 0.1) is 11.8 Å². The van der Waals surface area contributed by atoms with E-state index in [2.05, 4.69) is 37.3 Å². The first-order valence-corrected chi connectivity index (χ1v) is 8.09. The summed E-state index contributed by atoms with van der Waals surface area (Å²) in [4.78, 5) is 12.0. The van der Waals surface area contributed by atoms with Gasteiger partial charge in [-0.1, -0.05) is 50.2 Å². The molecule has 0 fully saturated rings. The molecule has 0 spiro atoms. The van der Waals surface area contributed by atoms with Crippen molar-refractivity contribution in [2.45, 2.75) is 45.8 Å². The third kappa shape index (κ3) is 5.44. The number of hydrogen-bond donors (Lipinski definition) is 1. The van der Waals surface area contributed by atoms with Gasteiger partial charge in [0, 0.05) is 6.07 Å². The molecule has 2 aromatic rings. The summed E-state index contributed by atoms with van der Waals surface area (Å²) >= 11 is 0. The number of rotatable bonds is 6. The first kappa shape index (κ1) is 18.7. The number of nitrogens with zero attached hydrogens (tertiary/aromatic N) is 2. The number of nitrogens with one attached hydrogen (secondary N) is 1. The van der Waals surface area contributed by atoms with Gasteiger partial charge in [-0.15, -0.1) is 0 Å². The van der Waals surface area contributed by atoms with Crippen molar-refractivity contribution >= 4 is 5.91 Å². The molecule has 132 valence electrons. The lowest BCUT2D eigenvalue weighted by atomic mass is 9.86. The van der Waals surface area contributed by atoms with Crippen LogP contribution in [0.25, 0.3) is 0 Å². The Morgan fingerprint density at radius 1 is 1.36 bits per heavy atom. The Kier molecular flexibility index (Phi) is 5.94. The molecule has 6 heteroatoms. The van der Waals surface area contributed by atoms with E-state index in [4.69, 9.17) is 9.26 Å². The fraction of sp³-hybridized carbons (Fsp3) is 0.421. The Hall–Kier alpha value is -2.65. The van der Waals surface area contributed by atoms with Crippen LogP contribution in [-0.4, -0.2) is 17.7 Å². The molecule has 1 aromatic carbocycles. The Morgan fingerprint density at radius 3 is 2.56 bits per heavy atom. The first-order valence-electron chi connectivity index (χ1n) is 8.09. The van der Waals surface area contributed by atoms with E-state index in [1.807, 2.05) is 31.2 Å². The molecule has 0 saturated heterocycles. The second kappa shape index (κ2) is 7.95. The summed E-state index contributed by atoms with van der Waals surface area (Å²) in [6, 6.07) is 10.8. The Labute approximate surface area is 147 Å². The van der Waals surface area contributed by atoms with Crippen molar-refractivity contribution in [1.29, 1.82) is 5.26 Å². The van der Waals surface area contributed by atoms with Gasteiger partial charge in [0.25, 0.3) is 0 Å². The normalized spacial score (nSPS) is 12.4. The van der Waals surface area contributed by atoms with Crippen molar-refractivity contribution in [1.82, 2.24) is 10.5 Å². The van der Waals surface area contributed by atoms with Crippen LogP contribution in [0.3, 0.4) is 0 Å². The largest absolute Gasteiger partial charge is 0.364 e. The van der Waals surface area contributed by atoms with Crippen molar-refractivity contribution in [2.75, 3.05) is 6.61 Å². The van der Waals surface area contributed by atoms with Crippen LogP contribution in [0.4, 0.5) is 0 Å². The fourth-order valence-corrected chi connectivity index (χ4v) is 2.30. The van der Waals surface area contributed by atoms with Crippen molar-refractivity contribution in [3.05, 3.63) is 52.9 Å². The molecule has 0 saturated carbocycles. The number of carbonyl (C=O) groups is 1. The Balaban J connectivity index is 1.88. The van der Waals surface area contributed by atoms with E-state index >= 15 is 0 Å². The third-order valence-corrected chi connectivity index (χ3v) is 3.70. The van der Waals surface area contributed by atoms with E-state index in [0.717, 1.165) is 11.3 Å². The summed E-state index contributed by atoms with van der Waals surface area (Å²) in [6.07, 6.45) is 0. The molecule has 1 heterocycles. The van der Waals surface area contributed by atoms with Crippen LogP contribution in [0, 0.1) is 18.3 Å². The van der Waals surface area contributed by atoms with E-state index < -0.39 is 6.04 Å². The monoisotopic (exact) mass is 341 g/mol. The summed E-state index contributed by atoms with van der Waals surface area (Å²) in [5, 5.41) is 15.7. The van der Waals surface area contributed by atoms with Crippen molar-refractivity contribution in [3.8, 4) is 6.07 Å². The summed E-state index contributed by atoms with van der Waals surface area (Å²) in [6.45, 7) is 8.18. The fourth-order valence-electron chi connectivity index (χ4n) is 2.30. The van der Waals surface area contributed by atoms with Gasteiger partial charge < -0.3 is 14.6 Å². The minimum absolute atomic E-state index is 0.0385. The second-order valence-corrected chi connectivity index (χ2v) is 6.93. The minimum atomic E-state index is -0.711. The van der Waals surface area contributed by atoms with Crippen LogP contribution in [0.15, 0.2) is 34.9 Å². The summed E-state index contributed by atoms with van der Waals surface area (Å²) in [5.41, 5.74) is 2.71. The van der Waals surface area contributed by atoms with Gasteiger partial charge in [-0.05, 0) is 23.5 Å². The highest BCUT2D eigenvalue weighted by molar-refractivity contribution is 5.78. The molecule has 1 amide bonds. The van der Waals surface area contributed by atoms with E-state index in [0.29, 0.717) is 5.76 Å². The molecule has 1 N–H and O–H groups in total. The molecular formula is C19H23N3O3. The number of hydrogen-bond acceptors (Lipinski definition) is 5. The highest BCUT2D eigenvalue weighted by Crippen LogP contribution is 2.23. The zero-order valence-corrected chi connectivity index (χ0v) is 15.0. The first-order chi connectivity index (χ1) is 11.8. The molecule has 0 unspecified atom stereocenters. The average molecular weight is 341 g/mol. The average Bonchev–Trinajstić information content (AvgIpc) is 2.97. The standard InChI is InChI=1S/C19H23N3O3/c1-13-9-16(25-22-13)11-24-12-18(23)21-17(10-20)14-5-7-15(8-6-14)19(2,3)4/h5-9,17H,11-12H2,1-4H3,(H,21,23)/t17-/m0/s1. The van der Waals surface area contributed by atoms with Gasteiger partial charge in [-0.3, -0.25) is 4.79 Å². The highest BCUT2D eigenvalue weighted by Gasteiger charge is 2.17. The van der Waals surface area contributed by atoms with Gasteiger partial charge in [0.1, 0.15) is 19.3 Å². The molecule has 0 aliphatic carbocycles. The number of aromatic nitrogens is 1. The lowest BCUT2D eigenvalue weighted by molar-refractivity contribution is -0.126. The predicted octanol–water partition coefficient (Wildman–Crippen LogP) is 3.18. The number of aryl methyl sites for hydroxylation is 1. The zero-order chi connectivity index (χ0) is 18.4. The molecule has 0 bridgehead atoms. The summed E-state index contributed by atoms with van der Waals surface area (Å²) < 4.78 is 10.3. The number of ether oxygens (including phenoxy) is 1. The van der Waals surface area contributed by atoms with Crippen LogP contribution >= 0.6 is 0 Å². The molecule has 0 radical (unpaired) electrons. The van der Waals surface area contributed by atoms with Crippen molar-refractivity contribution in [3.63, 3.8) is 0 Å². The predicted molar refractivity (Wildman–Crippen MR) is 92.5 cm³/mol. The van der Waals surface area contributed by atoms with E-state index in [-0.39, 0.29) is 24.5 Å². The van der Waals surface area contributed by atoms with Crippen molar-refractivity contribution < 1.29 is 14.1 Å². The van der Waals surface area contributed by atoms with Gasteiger partial charge in [-0.2, -0.15) is 5.26 Å². The topological polar surface area (TPSA) is 88.1 Å². The molecule has 0 aliphatic rings. The number of carbonyl (C=O) groups excluding carboxylic acids is 1. The molecule has 25 heavy (non-hydrogen) atoms. The van der Waals surface area contributed by atoms with Crippen LogP contribution in [0.5, 0.6) is 0 Å². The number of benzene rings is 1. The van der Waals surface area contributed by atoms with E-state index in [1.165, 1.54) is 5.56 Å². The highest BCUT2D eigenvalue weighted by atomic mass is 16.5. The molecular weight excluding hydrogens is 318 g/mol. The third-order valence-electron chi connectivity index (χ3n) is 3.70. The second-order valence-electron chi connectivity index (χ2n) is 6.93. The van der Waals surface area contributed by atoms with Crippen LogP contribution in [-0.2, 0) is 21.6 Å². The van der Waals surface area contributed by atoms with Gasteiger partial charge in [0.2, 0.25) is 5.91 Å². The smallest absolute Gasteiger partial charge is 0.247 e. The van der Waals surface area contributed by atoms with Crippen LogP contribution in [0.1, 0.15) is 49.4 Å². The SMILES string of the molecule is Cc1cc(COCC(=O)N[C@@H](C#N)c2ccc(C(C)(C)C)cc2)on1. The van der Waals surface area contributed by atoms with E-state index in [1.54, 1.807) is 6.07 Å². The summed E-state index contributed by atoms with van der Waals surface area (Å²) in [5.74, 6) is 0.197. The molecule has 1 aromatic heterocycles. The lowest BCUT2D eigenvalue weighted by Gasteiger charge is -2.20. The molecule has 6 nitrogen and oxygen atoms in total. The summed E-state index contributed by atoms with van der Waals surface area (Å²) in [7, 11) is 0. The van der Waals surface area contributed by atoms with Gasteiger partial charge >= 0.3 is 0 Å². The molecule has 0 aliphatic heterocycles. The van der Waals surface area contributed by atoms with Gasteiger partial charge in [0.15, 0.2) is 5.76 Å². The maximum absolute atomic E-state index is 12.0. The lowest BCUT2D eigenvalue weighted by Crippen LogP contribution is -2.31. The van der Waals surface area contributed by atoms with Gasteiger partial charge in [-0.25, -0.2) is 0 Å². The Bertz CT molecular complexity index is 751. The van der Waals surface area contributed by atoms with E-state index in [9.17, 15) is 10.1 Å². The Morgan fingerprint density at radius 2 is 2.04 bits per heavy atom. The number of nitriles is 1. The van der Waals surface area contributed by atoms with Crippen molar-refractivity contribution in [2.24, 2.45) is 0 Å². The molecule has 2 rings (SSSR count). The quantitative estimate of drug-likeness (QED) is 0.872. The number of amides is 1.